The van der Waals surface area contributed by atoms with Crippen LogP contribution in [-0.4, -0.2) is 49.1 Å². The van der Waals surface area contributed by atoms with Crippen LogP contribution >= 0.6 is 0 Å². The lowest BCUT2D eigenvalue weighted by molar-refractivity contribution is -0.154. The number of piperidine rings is 1. The Morgan fingerprint density at radius 1 is 1.24 bits per heavy atom. The molecular weight excluding hydrogens is 268 g/mol. The fourth-order valence-corrected chi connectivity index (χ4v) is 3.36. The van der Waals surface area contributed by atoms with Gasteiger partial charge in [-0.15, -0.1) is 0 Å². The third kappa shape index (κ3) is 3.96. The largest absolute Gasteiger partial charge is 0.465 e. The summed E-state index contributed by atoms with van der Waals surface area (Å²) in [6.45, 7) is 6.20. The molecule has 120 valence electrons. The van der Waals surface area contributed by atoms with Crippen molar-refractivity contribution in [2.24, 2.45) is 5.41 Å². The van der Waals surface area contributed by atoms with Crippen LogP contribution in [0.25, 0.3) is 0 Å². The molecule has 0 bridgehead atoms. The number of hydrogen-bond acceptors (Lipinski definition) is 4. The van der Waals surface area contributed by atoms with Gasteiger partial charge in [-0.3, -0.25) is 9.59 Å². The number of nitrogens with one attached hydrogen (secondary N) is 1. The molecular formula is C16H28N2O3. The molecule has 2 fully saturated rings. The van der Waals surface area contributed by atoms with Crippen LogP contribution in [0.3, 0.4) is 0 Å². The molecule has 1 heterocycles. The van der Waals surface area contributed by atoms with Crippen LogP contribution in [0.1, 0.15) is 52.4 Å². The average molecular weight is 296 g/mol. The first-order valence-electron chi connectivity index (χ1n) is 8.30. The maximum atomic E-state index is 13.1. The van der Waals surface area contributed by atoms with E-state index in [-0.39, 0.29) is 29.9 Å². The Kier molecular flexibility index (Phi) is 5.62. The summed E-state index contributed by atoms with van der Waals surface area (Å²) in [5, 5.41) is 3.34. The SMILES string of the molecule is CCCC1(C(=O)N(CC(=O)OCC)C2CC2)CCNCC1. The normalized spacial score (nSPS) is 20.9. The van der Waals surface area contributed by atoms with Gasteiger partial charge >= 0.3 is 5.97 Å². The predicted molar refractivity (Wildman–Crippen MR) is 80.8 cm³/mol. The zero-order valence-electron chi connectivity index (χ0n) is 13.3. The molecule has 2 rings (SSSR count). The van der Waals surface area contributed by atoms with E-state index < -0.39 is 0 Å². The Labute approximate surface area is 127 Å². The Morgan fingerprint density at radius 3 is 2.43 bits per heavy atom. The summed E-state index contributed by atoms with van der Waals surface area (Å²) in [6, 6.07) is 0.255. The second-order valence-corrected chi connectivity index (χ2v) is 6.25. The van der Waals surface area contributed by atoms with E-state index in [1.807, 2.05) is 0 Å². The number of amides is 1. The molecule has 1 aliphatic heterocycles. The van der Waals surface area contributed by atoms with Gasteiger partial charge in [-0.2, -0.15) is 0 Å². The van der Waals surface area contributed by atoms with E-state index in [1.54, 1.807) is 11.8 Å². The molecule has 0 aromatic carbocycles. The summed E-state index contributed by atoms with van der Waals surface area (Å²) in [7, 11) is 0. The van der Waals surface area contributed by atoms with Gasteiger partial charge in [0.05, 0.1) is 12.0 Å². The number of nitrogens with zero attached hydrogens (tertiary/aromatic N) is 1. The van der Waals surface area contributed by atoms with E-state index >= 15 is 0 Å². The highest BCUT2D eigenvalue weighted by Gasteiger charge is 2.45. The molecule has 0 radical (unpaired) electrons. The lowest BCUT2D eigenvalue weighted by atomic mass is 9.74. The summed E-state index contributed by atoms with van der Waals surface area (Å²) in [5.41, 5.74) is -0.269. The maximum absolute atomic E-state index is 13.1. The Balaban J connectivity index is 2.09. The van der Waals surface area contributed by atoms with Crippen molar-refractivity contribution in [2.75, 3.05) is 26.2 Å². The molecule has 1 N–H and O–H groups in total. The van der Waals surface area contributed by atoms with Gasteiger partial charge in [-0.1, -0.05) is 13.3 Å². The minimum atomic E-state index is -0.279. The second kappa shape index (κ2) is 7.25. The van der Waals surface area contributed by atoms with Gasteiger partial charge in [-0.05, 0) is 52.1 Å². The smallest absolute Gasteiger partial charge is 0.325 e. The third-order valence-electron chi connectivity index (χ3n) is 4.60. The van der Waals surface area contributed by atoms with Crippen LogP contribution in [0, 0.1) is 5.41 Å². The van der Waals surface area contributed by atoms with Crippen molar-refractivity contribution < 1.29 is 14.3 Å². The first-order valence-corrected chi connectivity index (χ1v) is 8.30. The monoisotopic (exact) mass is 296 g/mol. The lowest BCUT2D eigenvalue weighted by Gasteiger charge is -2.40. The molecule has 0 unspecified atom stereocenters. The van der Waals surface area contributed by atoms with Crippen molar-refractivity contribution in [3.05, 3.63) is 0 Å². The van der Waals surface area contributed by atoms with Gasteiger partial charge in [0, 0.05) is 6.04 Å². The van der Waals surface area contributed by atoms with Crippen molar-refractivity contribution in [2.45, 2.75) is 58.4 Å². The van der Waals surface area contributed by atoms with E-state index in [1.165, 1.54) is 0 Å². The highest BCUT2D eigenvalue weighted by molar-refractivity contribution is 5.87. The topological polar surface area (TPSA) is 58.6 Å². The van der Waals surface area contributed by atoms with E-state index in [2.05, 4.69) is 12.2 Å². The van der Waals surface area contributed by atoms with Crippen LogP contribution in [0.4, 0.5) is 0 Å². The molecule has 21 heavy (non-hydrogen) atoms. The molecule has 1 aliphatic carbocycles. The van der Waals surface area contributed by atoms with E-state index in [4.69, 9.17) is 4.74 Å². The average Bonchev–Trinajstić information content (AvgIpc) is 3.30. The number of carbonyl (C=O) groups is 2. The molecule has 0 spiro atoms. The van der Waals surface area contributed by atoms with Gasteiger partial charge in [0.2, 0.25) is 5.91 Å². The standard InChI is InChI=1S/C16H28N2O3/c1-3-7-16(8-10-17-11-9-16)15(20)18(13-5-6-13)12-14(19)21-4-2/h13,17H,3-12H2,1-2H3. The van der Waals surface area contributed by atoms with E-state index in [0.29, 0.717) is 6.61 Å². The summed E-state index contributed by atoms with van der Waals surface area (Å²) >= 11 is 0. The molecule has 0 atom stereocenters. The van der Waals surface area contributed by atoms with Crippen molar-refractivity contribution in [1.82, 2.24) is 10.2 Å². The number of ether oxygens (including phenoxy) is 1. The summed E-state index contributed by atoms with van der Waals surface area (Å²) in [5.74, 6) is -0.0975. The third-order valence-corrected chi connectivity index (χ3v) is 4.60. The molecule has 1 saturated heterocycles. The van der Waals surface area contributed by atoms with Crippen LogP contribution in [0.2, 0.25) is 0 Å². The van der Waals surface area contributed by atoms with Gasteiger partial charge in [0.15, 0.2) is 0 Å². The molecule has 2 aliphatic rings. The molecule has 5 nitrogen and oxygen atoms in total. The van der Waals surface area contributed by atoms with Crippen LogP contribution < -0.4 is 5.32 Å². The van der Waals surface area contributed by atoms with E-state index in [0.717, 1.165) is 51.6 Å². The minimum Gasteiger partial charge on any atom is -0.465 e. The number of esters is 1. The zero-order valence-corrected chi connectivity index (χ0v) is 13.3. The van der Waals surface area contributed by atoms with Crippen LogP contribution in [0.5, 0.6) is 0 Å². The summed E-state index contributed by atoms with van der Waals surface area (Å²) in [4.78, 5) is 26.7. The van der Waals surface area contributed by atoms with Gasteiger partial charge < -0.3 is 15.0 Å². The molecule has 1 amide bonds. The predicted octanol–water partition coefficient (Wildman–Crippen LogP) is 1.71. The highest BCUT2D eigenvalue weighted by atomic mass is 16.5. The number of rotatable bonds is 7. The van der Waals surface area contributed by atoms with Gasteiger partial charge in [-0.25, -0.2) is 0 Å². The quantitative estimate of drug-likeness (QED) is 0.727. The molecule has 1 saturated carbocycles. The lowest BCUT2D eigenvalue weighted by Crippen LogP contribution is -2.51. The fraction of sp³-hybridized carbons (Fsp3) is 0.875. The number of carbonyl (C=O) groups excluding carboxylic acids is 2. The molecule has 0 aromatic heterocycles. The van der Waals surface area contributed by atoms with Crippen molar-refractivity contribution in [3.8, 4) is 0 Å². The molecule has 0 aromatic rings. The van der Waals surface area contributed by atoms with Crippen molar-refractivity contribution >= 4 is 11.9 Å². The number of hydrogen-bond donors (Lipinski definition) is 1. The summed E-state index contributed by atoms with van der Waals surface area (Å²) < 4.78 is 5.04. The highest BCUT2D eigenvalue weighted by Crippen LogP contribution is 2.39. The fourth-order valence-electron chi connectivity index (χ4n) is 3.36. The minimum absolute atomic E-state index is 0.121. The summed E-state index contributed by atoms with van der Waals surface area (Å²) in [6.07, 6.45) is 5.72. The van der Waals surface area contributed by atoms with Gasteiger partial charge in [0.1, 0.15) is 6.54 Å². The second-order valence-electron chi connectivity index (χ2n) is 6.25. The van der Waals surface area contributed by atoms with Crippen molar-refractivity contribution in [1.29, 1.82) is 0 Å². The van der Waals surface area contributed by atoms with Crippen LogP contribution in [-0.2, 0) is 14.3 Å². The Bertz CT molecular complexity index is 368. The van der Waals surface area contributed by atoms with Crippen molar-refractivity contribution in [3.63, 3.8) is 0 Å². The first-order chi connectivity index (χ1) is 10.1. The zero-order chi connectivity index (χ0) is 15.3. The van der Waals surface area contributed by atoms with Gasteiger partial charge in [0.25, 0.3) is 0 Å². The molecule has 5 heteroatoms. The Morgan fingerprint density at radius 2 is 1.90 bits per heavy atom. The van der Waals surface area contributed by atoms with E-state index in [9.17, 15) is 9.59 Å². The maximum Gasteiger partial charge on any atom is 0.325 e. The van der Waals surface area contributed by atoms with Crippen LogP contribution in [0.15, 0.2) is 0 Å². The first kappa shape index (κ1) is 16.3. The Hall–Kier alpha value is -1.10.